The van der Waals surface area contributed by atoms with Crippen LogP contribution in [0.15, 0.2) is 18.2 Å². The molecule has 0 spiro atoms. The Morgan fingerprint density at radius 3 is 2.65 bits per heavy atom. The Bertz CT molecular complexity index is 455. The summed E-state index contributed by atoms with van der Waals surface area (Å²) in [7, 11) is 3.30. The van der Waals surface area contributed by atoms with Crippen molar-refractivity contribution in [3.63, 3.8) is 0 Å². The van der Waals surface area contributed by atoms with Crippen LogP contribution in [0.5, 0.6) is 5.75 Å². The average molecular weight is 279 g/mol. The molecule has 0 aliphatic carbocycles. The van der Waals surface area contributed by atoms with E-state index in [9.17, 15) is 0 Å². The van der Waals surface area contributed by atoms with E-state index >= 15 is 0 Å². The zero-order valence-corrected chi connectivity index (χ0v) is 13.0. The number of hydrogen-bond donors (Lipinski definition) is 1. The molecule has 112 valence electrons. The summed E-state index contributed by atoms with van der Waals surface area (Å²) in [4.78, 5) is 0. The molecule has 0 amide bonds. The predicted octanol–water partition coefficient (Wildman–Crippen LogP) is 2.50. The zero-order chi connectivity index (χ0) is 14.8. The van der Waals surface area contributed by atoms with Gasteiger partial charge in [0.1, 0.15) is 11.4 Å². The van der Waals surface area contributed by atoms with E-state index in [0.29, 0.717) is 0 Å². The fourth-order valence-corrected chi connectivity index (χ4v) is 2.69. The van der Waals surface area contributed by atoms with Crippen LogP contribution in [0.25, 0.3) is 0 Å². The lowest BCUT2D eigenvalue weighted by atomic mass is 10.0. The van der Waals surface area contributed by atoms with Crippen molar-refractivity contribution < 1.29 is 14.2 Å². The summed E-state index contributed by atoms with van der Waals surface area (Å²) in [6.07, 6.45) is 0.717. The zero-order valence-electron chi connectivity index (χ0n) is 13.0. The second-order valence-electron chi connectivity index (χ2n) is 5.95. The normalized spacial score (nSPS) is 17.9. The van der Waals surface area contributed by atoms with Gasteiger partial charge in [0, 0.05) is 32.7 Å². The fourth-order valence-electron chi connectivity index (χ4n) is 2.69. The summed E-state index contributed by atoms with van der Waals surface area (Å²) < 4.78 is 16.6. The number of para-hydroxylation sites is 1. The van der Waals surface area contributed by atoms with Gasteiger partial charge in [-0.3, -0.25) is 0 Å². The third-order valence-electron chi connectivity index (χ3n) is 3.66. The smallest absolute Gasteiger partial charge is 0.171 e. The number of ether oxygens (including phenoxy) is 3. The van der Waals surface area contributed by atoms with Crippen molar-refractivity contribution in [1.29, 1.82) is 0 Å². The minimum absolute atomic E-state index is 0.106. The largest absolute Gasteiger partial charge is 0.487 e. The Morgan fingerprint density at radius 2 is 2.00 bits per heavy atom. The molecule has 1 aromatic rings. The highest BCUT2D eigenvalue weighted by Gasteiger charge is 2.31. The first-order valence-corrected chi connectivity index (χ1v) is 7.05. The van der Waals surface area contributed by atoms with E-state index in [0.717, 1.165) is 18.7 Å². The molecule has 0 saturated heterocycles. The monoisotopic (exact) mass is 279 g/mol. The lowest BCUT2D eigenvalue weighted by molar-refractivity contribution is -0.119. The van der Waals surface area contributed by atoms with Crippen LogP contribution in [0.3, 0.4) is 0 Å². The number of methoxy groups -OCH3 is 2. The highest BCUT2D eigenvalue weighted by molar-refractivity contribution is 5.45. The van der Waals surface area contributed by atoms with Gasteiger partial charge in [-0.05, 0) is 26.3 Å². The van der Waals surface area contributed by atoms with Crippen molar-refractivity contribution in [3.05, 3.63) is 29.3 Å². The Kier molecular flexibility index (Phi) is 4.68. The van der Waals surface area contributed by atoms with Crippen molar-refractivity contribution in [1.82, 2.24) is 5.32 Å². The second-order valence-corrected chi connectivity index (χ2v) is 5.95. The quantitative estimate of drug-likeness (QED) is 0.812. The lowest BCUT2D eigenvalue weighted by Gasteiger charge is -2.23. The van der Waals surface area contributed by atoms with E-state index in [1.165, 1.54) is 11.1 Å². The van der Waals surface area contributed by atoms with Gasteiger partial charge in [-0.15, -0.1) is 0 Å². The standard InChI is InChI=1S/C16H25NO3/c1-11(15(18-4)19-5)17-10-13-8-6-7-12-9-16(2,3)20-14(12)13/h6-8,11,15,17H,9-10H2,1-5H3. The maximum absolute atomic E-state index is 6.07. The average Bonchev–Trinajstić information content (AvgIpc) is 2.72. The van der Waals surface area contributed by atoms with E-state index in [-0.39, 0.29) is 17.9 Å². The lowest BCUT2D eigenvalue weighted by Crippen LogP contribution is -2.39. The Labute approximate surface area is 121 Å². The molecule has 0 aromatic heterocycles. The van der Waals surface area contributed by atoms with Gasteiger partial charge in [0.15, 0.2) is 6.29 Å². The Hall–Kier alpha value is -1.10. The summed E-state index contributed by atoms with van der Waals surface area (Å²) in [6, 6.07) is 6.45. The van der Waals surface area contributed by atoms with Crippen molar-refractivity contribution in [2.45, 2.75) is 51.7 Å². The summed E-state index contributed by atoms with van der Waals surface area (Å²) >= 11 is 0. The summed E-state index contributed by atoms with van der Waals surface area (Å²) in [6.45, 7) is 7.03. The minimum Gasteiger partial charge on any atom is -0.487 e. The molecule has 0 fully saturated rings. The molecule has 4 heteroatoms. The number of nitrogens with one attached hydrogen (secondary N) is 1. The molecule has 1 atom stereocenters. The van der Waals surface area contributed by atoms with Crippen LogP contribution in [-0.2, 0) is 22.4 Å². The van der Waals surface area contributed by atoms with E-state index in [4.69, 9.17) is 14.2 Å². The summed E-state index contributed by atoms with van der Waals surface area (Å²) in [5.74, 6) is 1.03. The van der Waals surface area contributed by atoms with Crippen molar-refractivity contribution in [2.75, 3.05) is 14.2 Å². The van der Waals surface area contributed by atoms with Crippen molar-refractivity contribution >= 4 is 0 Å². The van der Waals surface area contributed by atoms with Gasteiger partial charge >= 0.3 is 0 Å². The van der Waals surface area contributed by atoms with Gasteiger partial charge in [0.2, 0.25) is 0 Å². The number of rotatable bonds is 6. The number of fused-ring (bicyclic) bond motifs is 1. The highest BCUT2D eigenvalue weighted by atomic mass is 16.7. The van der Waals surface area contributed by atoms with Gasteiger partial charge in [-0.2, -0.15) is 0 Å². The van der Waals surface area contributed by atoms with Crippen LogP contribution in [0.2, 0.25) is 0 Å². The van der Waals surface area contributed by atoms with Crippen LogP contribution in [0.1, 0.15) is 31.9 Å². The van der Waals surface area contributed by atoms with Crippen LogP contribution >= 0.6 is 0 Å². The molecule has 1 aliphatic rings. The van der Waals surface area contributed by atoms with Gasteiger partial charge in [0.25, 0.3) is 0 Å². The fraction of sp³-hybridized carbons (Fsp3) is 0.625. The van der Waals surface area contributed by atoms with E-state index in [2.05, 4.69) is 37.4 Å². The molecule has 0 saturated carbocycles. The first-order valence-electron chi connectivity index (χ1n) is 7.05. The number of benzene rings is 1. The van der Waals surface area contributed by atoms with Gasteiger partial charge < -0.3 is 19.5 Å². The molecular weight excluding hydrogens is 254 g/mol. The molecule has 4 nitrogen and oxygen atoms in total. The Morgan fingerprint density at radius 1 is 1.30 bits per heavy atom. The molecule has 1 N–H and O–H groups in total. The van der Waals surface area contributed by atoms with E-state index < -0.39 is 0 Å². The topological polar surface area (TPSA) is 39.7 Å². The first-order chi connectivity index (χ1) is 9.46. The van der Waals surface area contributed by atoms with Crippen LogP contribution in [0, 0.1) is 0 Å². The third kappa shape index (κ3) is 3.32. The third-order valence-corrected chi connectivity index (χ3v) is 3.66. The molecule has 2 rings (SSSR count). The maximum atomic E-state index is 6.07. The van der Waals surface area contributed by atoms with E-state index in [1.54, 1.807) is 14.2 Å². The molecular formula is C16H25NO3. The maximum Gasteiger partial charge on any atom is 0.171 e. The van der Waals surface area contributed by atoms with E-state index in [1.807, 2.05) is 6.92 Å². The summed E-state index contributed by atoms with van der Waals surface area (Å²) in [5.41, 5.74) is 2.37. The van der Waals surface area contributed by atoms with Crippen LogP contribution in [-0.4, -0.2) is 32.2 Å². The molecule has 1 heterocycles. The SMILES string of the molecule is COC(OC)C(C)NCc1cccc2c1OC(C)(C)C2. The molecule has 0 radical (unpaired) electrons. The van der Waals surface area contributed by atoms with Crippen molar-refractivity contribution in [2.24, 2.45) is 0 Å². The van der Waals surface area contributed by atoms with Gasteiger partial charge in [0.05, 0.1) is 6.04 Å². The molecule has 1 aromatic carbocycles. The minimum atomic E-state index is -0.246. The predicted molar refractivity (Wildman–Crippen MR) is 79.0 cm³/mol. The number of hydrogen-bond acceptors (Lipinski definition) is 4. The molecule has 1 aliphatic heterocycles. The van der Waals surface area contributed by atoms with Gasteiger partial charge in [-0.1, -0.05) is 18.2 Å². The molecule has 1 unspecified atom stereocenters. The van der Waals surface area contributed by atoms with Crippen molar-refractivity contribution in [3.8, 4) is 5.75 Å². The van der Waals surface area contributed by atoms with Crippen LogP contribution in [0.4, 0.5) is 0 Å². The highest BCUT2D eigenvalue weighted by Crippen LogP contribution is 2.37. The molecule has 20 heavy (non-hydrogen) atoms. The first kappa shape index (κ1) is 15.3. The van der Waals surface area contributed by atoms with Crippen LogP contribution < -0.4 is 10.1 Å². The second kappa shape index (κ2) is 6.12. The van der Waals surface area contributed by atoms with Gasteiger partial charge in [-0.25, -0.2) is 0 Å². The summed E-state index contributed by atoms with van der Waals surface area (Å²) in [5, 5.41) is 3.43. The Balaban J connectivity index is 2.04. The molecule has 0 bridgehead atoms.